The van der Waals surface area contributed by atoms with Crippen molar-refractivity contribution in [3.05, 3.63) is 23.0 Å². The van der Waals surface area contributed by atoms with Crippen molar-refractivity contribution in [2.24, 2.45) is 7.05 Å². The molecule has 1 aromatic rings. The van der Waals surface area contributed by atoms with Crippen LogP contribution in [0.25, 0.3) is 0 Å². The summed E-state index contributed by atoms with van der Waals surface area (Å²) in [6.45, 7) is 5.05. The Bertz CT molecular complexity index is 396. The summed E-state index contributed by atoms with van der Waals surface area (Å²) in [6, 6.07) is 1.99. The lowest BCUT2D eigenvalue weighted by molar-refractivity contribution is 0.102. The van der Waals surface area contributed by atoms with Crippen molar-refractivity contribution < 1.29 is 4.79 Å². The molecule has 0 fully saturated rings. The van der Waals surface area contributed by atoms with Crippen molar-refractivity contribution in [2.45, 2.75) is 13.8 Å². The number of hydrogen-bond acceptors (Lipinski definition) is 3. The maximum Gasteiger partial charge on any atom is 0.174 e. The summed E-state index contributed by atoms with van der Waals surface area (Å²) in [5.74, 6) is 1.83. The molecule has 0 spiro atoms. The van der Waals surface area contributed by atoms with Crippen LogP contribution in [0.2, 0.25) is 0 Å². The highest BCUT2D eigenvalue weighted by Crippen LogP contribution is 2.16. The molecule has 0 saturated carbocycles. The van der Waals surface area contributed by atoms with Crippen LogP contribution in [0.3, 0.4) is 0 Å². The highest BCUT2D eigenvalue weighted by Gasteiger charge is 2.13. The lowest BCUT2D eigenvalue weighted by Crippen LogP contribution is -2.16. The van der Waals surface area contributed by atoms with Crippen LogP contribution < -0.4 is 0 Å². The molecule has 1 rings (SSSR count). The second-order valence-corrected chi connectivity index (χ2v) is 5.73. The number of hydrogen-bond donors (Lipinski definition) is 0. The molecule has 17 heavy (non-hydrogen) atoms. The van der Waals surface area contributed by atoms with Crippen molar-refractivity contribution in [3.63, 3.8) is 0 Å². The van der Waals surface area contributed by atoms with Crippen LogP contribution in [0.4, 0.5) is 0 Å². The Balaban J connectivity index is 2.50. The number of aromatic nitrogens is 1. The Labute approximate surface area is 108 Å². The van der Waals surface area contributed by atoms with Crippen LogP contribution in [-0.2, 0) is 7.05 Å². The highest BCUT2D eigenvalue weighted by atomic mass is 32.2. The minimum absolute atomic E-state index is 0.245. The van der Waals surface area contributed by atoms with Gasteiger partial charge in [0.05, 0.1) is 5.75 Å². The Hall–Kier alpha value is -0.740. The zero-order valence-corrected chi connectivity index (χ0v) is 12.2. The summed E-state index contributed by atoms with van der Waals surface area (Å²) in [5, 5.41) is 0. The van der Waals surface area contributed by atoms with E-state index in [2.05, 4.69) is 9.47 Å². The molecule has 0 unspecified atom stereocenters. The van der Waals surface area contributed by atoms with Gasteiger partial charge in [-0.25, -0.2) is 0 Å². The first-order chi connectivity index (χ1) is 7.93. The van der Waals surface area contributed by atoms with Crippen LogP contribution in [0.5, 0.6) is 0 Å². The zero-order valence-electron chi connectivity index (χ0n) is 11.4. The third-order valence-electron chi connectivity index (χ3n) is 2.99. The number of thioether (sulfide) groups is 1. The third-order valence-corrected chi connectivity index (χ3v) is 3.93. The summed E-state index contributed by atoms with van der Waals surface area (Å²) in [6.07, 6.45) is 0. The van der Waals surface area contributed by atoms with Crippen LogP contribution in [0, 0.1) is 13.8 Å². The molecular weight excluding hydrogens is 232 g/mol. The van der Waals surface area contributed by atoms with E-state index in [1.165, 1.54) is 0 Å². The second kappa shape index (κ2) is 6.26. The van der Waals surface area contributed by atoms with Gasteiger partial charge in [0, 0.05) is 36.3 Å². The predicted molar refractivity (Wildman–Crippen MR) is 75.1 cm³/mol. The molecule has 0 bridgehead atoms. The largest absolute Gasteiger partial charge is 0.351 e. The molecule has 0 aromatic carbocycles. The third kappa shape index (κ3) is 3.89. The number of Topliss-reactive ketones (excluding diaryl/α,β-unsaturated/α-hetero) is 1. The Morgan fingerprint density at radius 3 is 2.53 bits per heavy atom. The van der Waals surface area contributed by atoms with Crippen molar-refractivity contribution in [3.8, 4) is 0 Å². The van der Waals surface area contributed by atoms with Crippen LogP contribution in [0.15, 0.2) is 6.07 Å². The number of ketones is 1. The van der Waals surface area contributed by atoms with Crippen molar-refractivity contribution in [1.29, 1.82) is 0 Å². The van der Waals surface area contributed by atoms with Gasteiger partial charge >= 0.3 is 0 Å². The fourth-order valence-corrected chi connectivity index (χ4v) is 2.61. The minimum atomic E-state index is 0.245. The van der Waals surface area contributed by atoms with Gasteiger partial charge in [-0.05, 0) is 34.0 Å². The van der Waals surface area contributed by atoms with E-state index < -0.39 is 0 Å². The number of aryl methyl sites for hydroxylation is 1. The predicted octanol–water partition coefficient (Wildman–Crippen LogP) is 2.12. The monoisotopic (exact) mass is 254 g/mol. The smallest absolute Gasteiger partial charge is 0.174 e. The molecule has 0 N–H and O–H groups in total. The van der Waals surface area contributed by atoms with Crippen LogP contribution >= 0.6 is 11.8 Å². The molecule has 1 heterocycles. The minimum Gasteiger partial charge on any atom is -0.351 e. The van der Waals surface area contributed by atoms with Gasteiger partial charge in [0.1, 0.15) is 0 Å². The average Bonchev–Trinajstić information content (AvgIpc) is 2.52. The molecular formula is C13H22N2OS. The lowest BCUT2D eigenvalue weighted by Gasteiger charge is -2.08. The molecule has 4 heteroatoms. The molecule has 0 atom stereocenters. The fraction of sp³-hybridized carbons (Fsp3) is 0.615. The first-order valence-electron chi connectivity index (χ1n) is 5.82. The van der Waals surface area contributed by atoms with Gasteiger partial charge in [0.2, 0.25) is 0 Å². The van der Waals surface area contributed by atoms with E-state index in [4.69, 9.17) is 0 Å². The maximum absolute atomic E-state index is 12.0. The van der Waals surface area contributed by atoms with E-state index in [1.54, 1.807) is 11.8 Å². The van der Waals surface area contributed by atoms with Gasteiger partial charge in [-0.2, -0.15) is 11.8 Å². The van der Waals surface area contributed by atoms with Gasteiger partial charge in [-0.15, -0.1) is 0 Å². The summed E-state index contributed by atoms with van der Waals surface area (Å²) < 4.78 is 2.07. The molecule has 3 nitrogen and oxygen atoms in total. The molecule has 96 valence electrons. The summed E-state index contributed by atoms with van der Waals surface area (Å²) >= 11 is 1.71. The molecule has 0 saturated heterocycles. The van der Waals surface area contributed by atoms with Crippen LogP contribution in [-0.4, -0.2) is 47.4 Å². The number of carbonyl (C=O) groups excluding carboxylic acids is 1. The Morgan fingerprint density at radius 1 is 1.41 bits per heavy atom. The lowest BCUT2D eigenvalue weighted by atomic mass is 10.2. The van der Waals surface area contributed by atoms with E-state index >= 15 is 0 Å². The van der Waals surface area contributed by atoms with Crippen molar-refractivity contribution >= 4 is 17.5 Å². The van der Waals surface area contributed by atoms with Gasteiger partial charge in [-0.1, -0.05) is 0 Å². The van der Waals surface area contributed by atoms with E-state index in [1.807, 2.05) is 41.1 Å². The average molecular weight is 254 g/mol. The second-order valence-electron chi connectivity index (χ2n) is 4.62. The van der Waals surface area contributed by atoms with Gasteiger partial charge in [0.25, 0.3) is 0 Å². The first kappa shape index (κ1) is 14.3. The Kier molecular flexibility index (Phi) is 5.28. The van der Waals surface area contributed by atoms with Gasteiger partial charge < -0.3 is 9.47 Å². The van der Waals surface area contributed by atoms with Crippen LogP contribution in [0.1, 0.15) is 21.7 Å². The van der Waals surface area contributed by atoms with E-state index in [-0.39, 0.29) is 5.78 Å². The number of carbonyl (C=O) groups is 1. The number of nitrogens with zero attached hydrogens (tertiary/aromatic N) is 2. The van der Waals surface area contributed by atoms with Crippen molar-refractivity contribution in [1.82, 2.24) is 9.47 Å². The molecule has 0 aliphatic carbocycles. The topological polar surface area (TPSA) is 25.2 Å². The molecule has 0 amide bonds. The zero-order chi connectivity index (χ0) is 13.0. The fourth-order valence-electron chi connectivity index (χ4n) is 1.63. The molecule has 0 aliphatic heterocycles. The molecule has 0 aliphatic rings. The van der Waals surface area contributed by atoms with Gasteiger partial charge in [-0.3, -0.25) is 4.79 Å². The quantitative estimate of drug-likeness (QED) is 0.574. The van der Waals surface area contributed by atoms with E-state index in [9.17, 15) is 4.79 Å². The summed E-state index contributed by atoms with van der Waals surface area (Å²) in [7, 11) is 6.10. The molecule has 1 aromatic heterocycles. The summed E-state index contributed by atoms with van der Waals surface area (Å²) in [4.78, 5) is 14.2. The van der Waals surface area contributed by atoms with Gasteiger partial charge in [0.15, 0.2) is 5.78 Å². The number of rotatable bonds is 6. The first-order valence-corrected chi connectivity index (χ1v) is 6.97. The standard InChI is InChI=1S/C13H22N2OS/c1-10-8-12(11(2)15(10)5)13(16)9-17-7-6-14(3)4/h8H,6-7,9H2,1-5H3. The van der Waals surface area contributed by atoms with E-state index in [0.717, 1.165) is 29.2 Å². The summed E-state index contributed by atoms with van der Waals surface area (Å²) in [5.41, 5.74) is 3.09. The maximum atomic E-state index is 12.0. The highest BCUT2D eigenvalue weighted by molar-refractivity contribution is 8.00. The SMILES string of the molecule is Cc1cc(C(=O)CSCCN(C)C)c(C)n1C. The van der Waals surface area contributed by atoms with Crippen molar-refractivity contribution in [2.75, 3.05) is 32.1 Å². The normalized spacial score (nSPS) is 11.2. The van der Waals surface area contributed by atoms with E-state index in [0.29, 0.717) is 5.75 Å². The Morgan fingerprint density at radius 2 is 2.06 bits per heavy atom. The molecule has 0 radical (unpaired) electrons.